The summed E-state index contributed by atoms with van der Waals surface area (Å²) in [5.74, 6) is 0.566. The Morgan fingerprint density at radius 2 is 2.19 bits per heavy atom. The summed E-state index contributed by atoms with van der Waals surface area (Å²) in [6.07, 6.45) is 1.86. The Morgan fingerprint density at radius 1 is 1.33 bits per heavy atom. The molecule has 3 heterocycles. The second kappa shape index (κ2) is 7.05. The van der Waals surface area contributed by atoms with Crippen LogP contribution in [-0.2, 0) is 17.7 Å². The summed E-state index contributed by atoms with van der Waals surface area (Å²) in [6.45, 7) is 4.39. The van der Waals surface area contributed by atoms with Gasteiger partial charge >= 0.3 is 7.12 Å². The topological polar surface area (TPSA) is 90.1 Å². The van der Waals surface area contributed by atoms with Crippen molar-refractivity contribution in [2.24, 2.45) is 0 Å². The number of nitrogens with zero attached hydrogens (tertiary/aromatic N) is 4. The molecule has 0 bridgehead atoms. The second-order valence-electron chi connectivity index (χ2n) is 6.87. The molecule has 0 fully saturated rings. The third-order valence-corrected chi connectivity index (χ3v) is 4.62. The van der Waals surface area contributed by atoms with Gasteiger partial charge < -0.3 is 9.68 Å². The van der Waals surface area contributed by atoms with Crippen LogP contribution in [0.1, 0.15) is 47.1 Å². The van der Waals surface area contributed by atoms with E-state index >= 15 is 0 Å². The van der Waals surface area contributed by atoms with Gasteiger partial charge in [0.2, 0.25) is 0 Å². The Labute approximate surface area is 157 Å². The number of Topliss-reactive ketones (excluding diaryl/α,β-unsaturated/α-hetero) is 1. The van der Waals surface area contributed by atoms with Crippen LogP contribution in [0.5, 0.6) is 0 Å². The standard InChI is InChI=1S/C19H19BN4O3/c1-12(2)19-18(22-23-24(19)17-5-3-4-8-21-17)16(25)10-13-6-7-14-11-27-20(26)15(14)9-13/h3-9,12,26H,10-11H2,1-2H3. The van der Waals surface area contributed by atoms with Gasteiger partial charge in [-0.1, -0.05) is 43.3 Å². The van der Waals surface area contributed by atoms with Crippen molar-refractivity contribution in [1.82, 2.24) is 20.0 Å². The van der Waals surface area contributed by atoms with E-state index in [0.717, 1.165) is 22.3 Å². The Morgan fingerprint density at radius 3 is 2.93 bits per heavy atom. The summed E-state index contributed by atoms with van der Waals surface area (Å²) >= 11 is 0. The molecule has 27 heavy (non-hydrogen) atoms. The Bertz CT molecular complexity index is 988. The molecule has 2 aromatic heterocycles. The number of benzene rings is 1. The third kappa shape index (κ3) is 3.29. The molecule has 1 aliphatic heterocycles. The average molecular weight is 362 g/mol. The molecule has 136 valence electrons. The van der Waals surface area contributed by atoms with Crippen LogP contribution in [0, 0.1) is 0 Å². The van der Waals surface area contributed by atoms with E-state index in [0.29, 0.717) is 18.1 Å². The number of aromatic nitrogens is 4. The van der Waals surface area contributed by atoms with Crippen molar-refractivity contribution in [1.29, 1.82) is 0 Å². The SMILES string of the molecule is CC(C)c1c(C(=O)Cc2ccc3c(c2)B(O)OC3)nnn1-c1ccccn1. The van der Waals surface area contributed by atoms with E-state index in [9.17, 15) is 9.82 Å². The van der Waals surface area contributed by atoms with Gasteiger partial charge in [0.1, 0.15) is 0 Å². The number of carbonyl (C=O) groups excluding carboxylic acids is 1. The normalized spacial score (nSPS) is 13.3. The Hall–Kier alpha value is -2.84. The van der Waals surface area contributed by atoms with Crippen LogP contribution >= 0.6 is 0 Å². The van der Waals surface area contributed by atoms with E-state index in [1.807, 2.05) is 50.2 Å². The monoisotopic (exact) mass is 362 g/mol. The lowest BCUT2D eigenvalue weighted by atomic mass is 9.78. The van der Waals surface area contributed by atoms with Gasteiger partial charge in [-0.2, -0.15) is 4.68 Å². The quantitative estimate of drug-likeness (QED) is 0.546. The minimum atomic E-state index is -0.925. The van der Waals surface area contributed by atoms with Crippen LogP contribution in [0.2, 0.25) is 0 Å². The zero-order chi connectivity index (χ0) is 19.0. The molecule has 1 N–H and O–H groups in total. The predicted octanol–water partition coefficient (Wildman–Crippen LogP) is 1.43. The van der Waals surface area contributed by atoms with Gasteiger partial charge in [0.05, 0.1) is 12.3 Å². The van der Waals surface area contributed by atoms with Gasteiger partial charge in [-0.3, -0.25) is 4.79 Å². The van der Waals surface area contributed by atoms with Crippen molar-refractivity contribution in [3.8, 4) is 5.82 Å². The predicted molar refractivity (Wildman–Crippen MR) is 100 cm³/mol. The van der Waals surface area contributed by atoms with E-state index < -0.39 is 7.12 Å². The van der Waals surface area contributed by atoms with E-state index in [4.69, 9.17) is 4.65 Å². The molecule has 0 aliphatic carbocycles. The first-order valence-electron chi connectivity index (χ1n) is 8.86. The summed E-state index contributed by atoms with van der Waals surface area (Å²) < 4.78 is 6.83. The average Bonchev–Trinajstić information content (AvgIpc) is 3.27. The number of carbonyl (C=O) groups is 1. The number of rotatable bonds is 5. The van der Waals surface area contributed by atoms with Crippen molar-refractivity contribution in [3.05, 3.63) is 65.1 Å². The third-order valence-electron chi connectivity index (χ3n) is 4.62. The van der Waals surface area contributed by atoms with Crippen LogP contribution in [0.15, 0.2) is 42.6 Å². The fourth-order valence-corrected chi connectivity index (χ4v) is 3.30. The van der Waals surface area contributed by atoms with E-state index in [1.165, 1.54) is 0 Å². The van der Waals surface area contributed by atoms with Crippen molar-refractivity contribution in [2.75, 3.05) is 0 Å². The first-order valence-corrected chi connectivity index (χ1v) is 8.86. The molecule has 1 aromatic carbocycles. The maximum absolute atomic E-state index is 12.9. The molecule has 0 unspecified atom stereocenters. The molecule has 0 atom stereocenters. The smallest absolute Gasteiger partial charge is 0.423 e. The highest BCUT2D eigenvalue weighted by atomic mass is 16.5. The minimum Gasteiger partial charge on any atom is -0.423 e. The van der Waals surface area contributed by atoms with E-state index in [-0.39, 0.29) is 18.1 Å². The van der Waals surface area contributed by atoms with E-state index in [2.05, 4.69) is 15.3 Å². The largest absolute Gasteiger partial charge is 0.491 e. The Kier molecular flexibility index (Phi) is 4.59. The van der Waals surface area contributed by atoms with Crippen molar-refractivity contribution >= 4 is 18.4 Å². The summed E-state index contributed by atoms with van der Waals surface area (Å²) in [6, 6.07) is 11.1. The molecule has 0 radical (unpaired) electrons. The summed E-state index contributed by atoms with van der Waals surface area (Å²) in [7, 11) is -0.925. The molecule has 3 aromatic rings. The molecular weight excluding hydrogens is 343 g/mol. The number of pyridine rings is 1. The van der Waals surface area contributed by atoms with Crippen molar-refractivity contribution < 1.29 is 14.5 Å². The number of ketones is 1. The highest BCUT2D eigenvalue weighted by Gasteiger charge is 2.28. The lowest BCUT2D eigenvalue weighted by molar-refractivity contribution is 0.0987. The molecule has 0 amide bonds. The van der Waals surface area contributed by atoms with Gasteiger partial charge in [-0.15, -0.1) is 5.10 Å². The van der Waals surface area contributed by atoms with E-state index in [1.54, 1.807) is 10.9 Å². The molecule has 0 saturated heterocycles. The Balaban J connectivity index is 1.65. The summed E-state index contributed by atoms with van der Waals surface area (Å²) in [5, 5.41) is 18.2. The molecule has 4 rings (SSSR count). The first kappa shape index (κ1) is 17.6. The molecule has 1 aliphatic rings. The van der Waals surface area contributed by atoms with Crippen LogP contribution in [0.25, 0.3) is 5.82 Å². The van der Waals surface area contributed by atoms with Gasteiger partial charge in [0, 0.05) is 12.6 Å². The van der Waals surface area contributed by atoms with Crippen LogP contribution in [-0.4, -0.2) is 37.9 Å². The first-order chi connectivity index (χ1) is 13.0. The summed E-state index contributed by atoms with van der Waals surface area (Å²) in [5.41, 5.74) is 3.57. The maximum atomic E-state index is 12.9. The number of fused-ring (bicyclic) bond motifs is 1. The molecular formula is C19H19BN4O3. The lowest BCUT2D eigenvalue weighted by Gasteiger charge is -2.10. The zero-order valence-corrected chi connectivity index (χ0v) is 15.2. The highest BCUT2D eigenvalue weighted by molar-refractivity contribution is 6.61. The second-order valence-corrected chi connectivity index (χ2v) is 6.87. The van der Waals surface area contributed by atoms with Gasteiger partial charge in [-0.05, 0) is 34.6 Å². The lowest BCUT2D eigenvalue weighted by Crippen LogP contribution is -2.28. The van der Waals surface area contributed by atoms with Gasteiger partial charge in [0.15, 0.2) is 17.3 Å². The molecule has 0 saturated carbocycles. The molecule has 8 heteroatoms. The van der Waals surface area contributed by atoms with Gasteiger partial charge in [0.25, 0.3) is 0 Å². The van der Waals surface area contributed by atoms with Crippen LogP contribution < -0.4 is 5.46 Å². The fourth-order valence-electron chi connectivity index (χ4n) is 3.30. The van der Waals surface area contributed by atoms with Gasteiger partial charge in [-0.25, -0.2) is 4.98 Å². The minimum absolute atomic E-state index is 0.0520. The summed E-state index contributed by atoms with van der Waals surface area (Å²) in [4.78, 5) is 17.2. The zero-order valence-electron chi connectivity index (χ0n) is 15.2. The van der Waals surface area contributed by atoms with Crippen LogP contribution in [0.3, 0.4) is 0 Å². The highest BCUT2D eigenvalue weighted by Crippen LogP contribution is 2.22. The number of hydrogen-bond acceptors (Lipinski definition) is 6. The maximum Gasteiger partial charge on any atom is 0.491 e. The molecule has 0 spiro atoms. The van der Waals surface area contributed by atoms with Crippen molar-refractivity contribution in [3.63, 3.8) is 0 Å². The number of hydrogen-bond donors (Lipinski definition) is 1. The fraction of sp³-hybridized carbons (Fsp3) is 0.263. The van der Waals surface area contributed by atoms with Crippen LogP contribution in [0.4, 0.5) is 0 Å². The molecule has 7 nitrogen and oxygen atoms in total. The van der Waals surface area contributed by atoms with Crippen molar-refractivity contribution in [2.45, 2.75) is 32.8 Å².